The van der Waals surface area contributed by atoms with Gasteiger partial charge in [0.05, 0.1) is 24.5 Å². The van der Waals surface area contributed by atoms with Gasteiger partial charge >= 0.3 is 5.97 Å². The number of carbonyl (C=O) groups excluding carboxylic acids is 1. The van der Waals surface area contributed by atoms with E-state index >= 15 is 0 Å². The Morgan fingerprint density at radius 2 is 1.64 bits per heavy atom. The number of para-hydroxylation sites is 1. The average Bonchev–Trinajstić information content (AvgIpc) is 3.40. The number of esters is 1. The summed E-state index contributed by atoms with van der Waals surface area (Å²) in [5, 5.41) is 4.53. The maximum absolute atomic E-state index is 14.5. The highest BCUT2D eigenvalue weighted by molar-refractivity contribution is 5.83. The smallest absolute Gasteiger partial charge is 0.325 e. The number of hydrogen-bond acceptors (Lipinski definition) is 10. The highest BCUT2D eigenvalue weighted by atomic mass is 19.1. The molecular weight excluding hydrogens is 613 g/mol. The molecule has 3 aromatic heterocycles. The number of halogens is 3. The van der Waals surface area contributed by atoms with E-state index in [-0.39, 0.29) is 54.0 Å². The van der Waals surface area contributed by atoms with E-state index in [0.717, 1.165) is 6.20 Å². The first-order valence-corrected chi connectivity index (χ1v) is 14.2. The molecule has 0 aliphatic carbocycles. The molecule has 0 bridgehead atoms. The summed E-state index contributed by atoms with van der Waals surface area (Å²) in [4.78, 5) is 27.0. The minimum absolute atomic E-state index is 0.0480. The predicted molar refractivity (Wildman–Crippen MR) is 168 cm³/mol. The lowest BCUT2D eigenvalue weighted by atomic mass is 10.1. The number of aromatic nitrogens is 5. The summed E-state index contributed by atoms with van der Waals surface area (Å²) in [6.07, 6.45) is 1.09. The van der Waals surface area contributed by atoms with Gasteiger partial charge in [0, 0.05) is 19.0 Å². The van der Waals surface area contributed by atoms with Gasteiger partial charge in [-0.15, -0.1) is 0 Å². The number of nitrogens with two attached hydrogens (primary N) is 2. The van der Waals surface area contributed by atoms with E-state index in [9.17, 15) is 18.0 Å². The van der Waals surface area contributed by atoms with Crippen LogP contribution < -0.4 is 21.1 Å². The van der Waals surface area contributed by atoms with Crippen molar-refractivity contribution < 1.29 is 27.4 Å². The fraction of sp³-hybridized carbons (Fsp3) is 0.121. The molecule has 6 rings (SSSR count). The van der Waals surface area contributed by atoms with Crippen molar-refractivity contribution in [1.82, 2.24) is 24.7 Å². The number of hydrogen-bond donors (Lipinski definition) is 2. The third-order valence-electron chi connectivity index (χ3n) is 7.19. The quantitative estimate of drug-likeness (QED) is 0.188. The monoisotopic (exact) mass is 640 g/mol. The summed E-state index contributed by atoms with van der Waals surface area (Å²) in [5.41, 5.74) is 14.9. The Morgan fingerprint density at radius 1 is 0.915 bits per heavy atom. The summed E-state index contributed by atoms with van der Waals surface area (Å²) >= 11 is 0. The largest absolute Gasteiger partial charge is 0.468 e. The van der Waals surface area contributed by atoms with E-state index in [0.29, 0.717) is 28.1 Å². The van der Waals surface area contributed by atoms with Gasteiger partial charge in [-0.1, -0.05) is 42.5 Å². The van der Waals surface area contributed by atoms with Gasteiger partial charge in [-0.05, 0) is 41.5 Å². The molecule has 0 saturated heterocycles. The van der Waals surface area contributed by atoms with Gasteiger partial charge in [0.25, 0.3) is 5.95 Å². The van der Waals surface area contributed by atoms with Crippen molar-refractivity contribution in [3.8, 4) is 17.4 Å². The first-order valence-electron chi connectivity index (χ1n) is 14.2. The highest BCUT2D eigenvalue weighted by Crippen LogP contribution is 2.32. The van der Waals surface area contributed by atoms with Crippen molar-refractivity contribution >= 4 is 34.3 Å². The van der Waals surface area contributed by atoms with Gasteiger partial charge in [-0.2, -0.15) is 19.7 Å². The van der Waals surface area contributed by atoms with Crippen LogP contribution in [0.5, 0.6) is 11.5 Å². The summed E-state index contributed by atoms with van der Waals surface area (Å²) in [5.74, 6) is -2.10. The van der Waals surface area contributed by atoms with Crippen molar-refractivity contribution in [2.24, 2.45) is 0 Å². The van der Waals surface area contributed by atoms with Crippen molar-refractivity contribution in [3.63, 3.8) is 0 Å². The number of benzene rings is 3. The molecule has 0 saturated carbocycles. The molecule has 4 N–H and O–H groups in total. The fourth-order valence-electron chi connectivity index (χ4n) is 5.04. The second-order valence-electron chi connectivity index (χ2n) is 10.4. The molecular formula is C33H27F3N8O3. The lowest BCUT2D eigenvalue weighted by molar-refractivity contribution is -0.138. The van der Waals surface area contributed by atoms with Crippen LogP contribution in [0.15, 0.2) is 85.1 Å². The Labute approximate surface area is 266 Å². The molecule has 47 heavy (non-hydrogen) atoms. The number of nitrogen functional groups attached to an aromatic ring is 2. The second kappa shape index (κ2) is 13.0. The minimum atomic E-state index is -0.640. The molecule has 0 amide bonds. The van der Waals surface area contributed by atoms with Crippen LogP contribution in [0.4, 0.5) is 30.5 Å². The maximum Gasteiger partial charge on any atom is 0.325 e. The van der Waals surface area contributed by atoms with E-state index in [1.807, 2.05) is 0 Å². The molecule has 11 nitrogen and oxygen atoms in total. The second-order valence-corrected chi connectivity index (χ2v) is 10.4. The molecule has 14 heteroatoms. The third-order valence-corrected chi connectivity index (χ3v) is 7.19. The lowest BCUT2D eigenvalue weighted by Crippen LogP contribution is -2.32. The van der Waals surface area contributed by atoms with Gasteiger partial charge in [0.1, 0.15) is 35.1 Å². The van der Waals surface area contributed by atoms with Crippen LogP contribution in [0.25, 0.3) is 17.0 Å². The third kappa shape index (κ3) is 6.61. The summed E-state index contributed by atoms with van der Waals surface area (Å²) in [6, 6.07) is 20.2. The zero-order chi connectivity index (χ0) is 33.1. The molecule has 0 unspecified atom stereocenters. The molecule has 0 atom stereocenters. The molecule has 6 aromatic rings. The standard InChI is InChI=1S/C33H27F3N8O3/c1-46-28(45)18-43(17-19-7-6-9-22(13-19)47-27-12-5-4-11-24(27)36)30-31(37)40-33(41-32(30)38)44-26-15-21(34)16-39-29(26)25(42-44)14-20-8-2-3-10-23(20)35/h2-13,15-16H,14,17-18H2,1H3,(H4,37,38,40,41). The predicted octanol–water partition coefficient (Wildman–Crippen LogP) is 5.35. The van der Waals surface area contributed by atoms with Crippen molar-refractivity contribution in [2.75, 3.05) is 30.0 Å². The molecule has 3 aromatic carbocycles. The Balaban J connectivity index is 1.36. The molecule has 0 spiro atoms. The summed E-state index contributed by atoms with van der Waals surface area (Å²) in [6.45, 7) is -0.202. The van der Waals surface area contributed by atoms with Crippen LogP contribution in [-0.4, -0.2) is 44.4 Å². The van der Waals surface area contributed by atoms with E-state index in [1.54, 1.807) is 54.6 Å². The van der Waals surface area contributed by atoms with Crippen LogP contribution in [0.2, 0.25) is 0 Å². The van der Waals surface area contributed by atoms with Gasteiger partial charge in [-0.3, -0.25) is 4.79 Å². The number of rotatable bonds is 10. The van der Waals surface area contributed by atoms with Crippen molar-refractivity contribution in [2.45, 2.75) is 13.0 Å². The first kappa shape index (κ1) is 30.8. The van der Waals surface area contributed by atoms with Crippen LogP contribution in [-0.2, 0) is 22.5 Å². The zero-order valence-corrected chi connectivity index (χ0v) is 24.9. The van der Waals surface area contributed by atoms with E-state index < -0.39 is 23.4 Å². The Bertz CT molecular complexity index is 2080. The van der Waals surface area contributed by atoms with Crippen LogP contribution in [0.3, 0.4) is 0 Å². The van der Waals surface area contributed by atoms with Gasteiger partial charge in [-0.25, -0.2) is 18.2 Å². The number of carbonyl (C=O) groups is 1. The van der Waals surface area contributed by atoms with Gasteiger partial charge in [0.15, 0.2) is 23.2 Å². The van der Waals surface area contributed by atoms with E-state index in [4.69, 9.17) is 20.9 Å². The Hall–Kier alpha value is -6.18. The highest BCUT2D eigenvalue weighted by Gasteiger charge is 2.24. The Kier molecular flexibility index (Phi) is 8.56. The SMILES string of the molecule is COC(=O)CN(Cc1cccc(Oc2ccccc2F)c1)c1c(N)nc(-n2nc(Cc3ccccc3F)c3ncc(F)cc32)nc1N. The number of pyridine rings is 1. The topological polar surface area (TPSA) is 147 Å². The van der Waals surface area contributed by atoms with Crippen molar-refractivity contribution in [1.29, 1.82) is 0 Å². The van der Waals surface area contributed by atoms with Crippen LogP contribution in [0.1, 0.15) is 16.8 Å². The zero-order valence-electron chi connectivity index (χ0n) is 24.9. The number of anilines is 3. The van der Waals surface area contributed by atoms with Gasteiger partial charge in [0.2, 0.25) is 0 Å². The van der Waals surface area contributed by atoms with Crippen molar-refractivity contribution in [3.05, 3.63) is 119 Å². The number of methoxy groups -OCH3 is 1. The molecule has 0 aliphatic heterocycles. The van der Waals surface area contributed by atoms with E-state index in [2.05, 4.69) is 20.1 Å². The normalized spacial score (nSPS) is 11.1. The van der Waals surface area contributed by atoms with Crippen LogP contribution in [0, 0.1) is 17.5 Å². The fourth-order valence-corrected chi connectivity index (χ4v) is 5.04. The molecule has 0 fully saturated rings. The summed E-state index contributed by atoms with van der Waals surface area (Å²) < 4.78 is 54.9. The lowest BCUT2D eigenvalue weighted by Gasteiger charge is -2.26. The Morgan fingerprint density at radius 3 is 2.36 bits per heavy atom. The summed E-state index contributed by atoms with van der Waals surface area (Å²) in [7, 11) is 1.24. The maximum atomic E-state index is 14.5. The number of fused-ring (bicyclic) bond motifs is 1. The molecule has 0 radical (unpaired) electrons. The number of ether oxygens (including phenoxy) is 2. The average molecular weight is 641 g/mol. The first-order chi connectivity index (χ1) is 22.7. The van der Waals surface area contributed by atoms with Crippen LogP contribution >= 0.6 is 0 Å². The van der Waals surface area contributed by atoms with Gasteiger partial charge < -0.3 is 25.8 Å². The molecule has 238 valence electrons. The minimum Gasteiger partial charge on any atom is -0.468 e. The molecule has 3 heterocycles. The molecule has 0 aliphatic rings. The number of nitrogens with zero attached hydrogens (tertiary/aromatic N) is 6. The van der Waals surface area contributed by atoms with E-state index in [1.165, 1.54) is 41.0 Å².